The van der Waals surface area contributed by atoms with Crippen molar-refractivity contribution in [1.82, 2.24) is 14.5 Å². The van der Waals surface area contributed by atoms with E-state index in [0.29, 0.717) is 29.2 Å². The molecule has 10 heteroatoms. The lowest BCUT2D eigenvalue weighted by Crippen LogP contribution is -2.35. The van der Waals surface area contributed by atoms with Gasteiger partial charge in [0.25, 0.3) is 0 Å². The highest BCUT2D eigenvalue weighted by Crippen LogP contribution is 2.24. The standard InChI is InChI=1S/C21H23FN4O4S/c1-4-30-19-9-8-17(10-14(19)2)31(28,29)26(3)13-21(27)23-20-12-18(24-25-20)15-6-5-7-16(22)11-15/h5-12H,4,13H2,1-3H3,(H2,23,24,25,27). The number of nitrogens with one attached hydrogen (secondary N) is 2. The predicted octanol–water partition coefficient (Wildman–Crippen LogP) is 3.18. The van der Waals surface area contributed by atoms with E-state index in [1.54, 1.807) is 25.1 Å². The molecule has 0 saturated heterocycles. The number of aromatic nitrogens is 2. The lowest BCUT2D eigenvalue weighted by molar-refractivity contribution is -0.116. The van der Waals surface area contributed by atoms with Crippen LogP contribution in [0.5, 0.6) is 5.75 Å². The van der Waals surface area contributed by atoms with Gasteiger partial charge in [0.15, 0.2) is 5.82 Å². The van der Waals surface area contributed by atoms with Crippen LogP contribution in [0.25, 0.3) is 11.3 Å². The van der Waals surface area contributed by atoms with Gasteiger partial charge in [-0.3, -0.25) is 9.89 Å². The quantitative estimate of drug-likeness (QED) is 0.553. The maximum Gasteiger partial charge on any atom is 0.243 e. The van der Waals surface area contributed by atoms with E-state index in [1.807, 2.05) is 6.92 Å². The topological polar surface area (TPSA) is 104 Å². The monoisotopic (exact) mass is 446 g/mol. The highest BCUT2D eigenvalue weighted by atomic mass is 32.2. The van der Waals surface area contributed by atoms with Crippen LogP contribution in [0.15, 0.2) is 53.4 Å². The third kappa shape index (κ3) is 5.28. The van der Waals surface area contributed by atoms with Crippen molar-refractivity contribution in [2.75, 3.05) is 25.5 Å². The first kappa shape index (κ1) is 22.4. The Morgan fingerprint density at radius 3 is 2.68 bits per heavy atom. The zero-order valence-electron chi connectivity index (χ0n) is 17.3. The largest absolute Gasteiger partial charge is 0.494 e. The first-order chi connectivity index (χ1) is 14.7. The number of ether oxygens (including phenoxy) is 1. The van der Waals surface area contributed by atoms with Gasteiger partial charge in [0.2, 0.25) is 15.9 Å². The summed E-state index contributed by atoms with van der Waals surface area (Å²) in [5.41, 5.74) is 1.77. The van der Waals surface area contributed by atoms with Crippen LogP contribution in [0.2, 0.25) is 0 Å². The molecule has 0 radical (unpaired) electrons. The molecule has 0 unspecified atom stereocenters. The van der Waals surface area contributed by atoms with Crippen molar-refractivity contribution in [1.29, 1.82) is 0 Å². The van der Waals surface area contributed by atoms with Crippen molar-refractivity contribution < 1.29 is 22.3 Å². The lowest BCUT2D eigenvalue weighted by atomic mass is 10.1. The van der Waals surface area contributed by atoms with Crippen molar-refractivity contribution >= 4 is 21.7 Å². The molecule has 2 aromatic carbocycles. The summed E-state index contributed by atoms with van der Waals surface area (Å²) in [5, 5.41) is 9.22. The van der Waals surface area contributed by atoms with Crippen LogP contribution in [0.1, 0.15) is 12.5 Å². The second-order valence-electron chi connectivity index (χ2n) is 6.85. The number of hydrogen-bond donors (Lipinski definition) is 2. The number of benzene rings is 2. The average molecular weight is 447 g/mol. The Kier molecular flexibility index (Phi) is 6.71. The molecule has 0 spiro atoms. The number of aryl methyl sites for hydroxylation is 1. The number of H-pyrrole nitrogens is 1. The van der Waals surface area contributed by atoms with Gasteiger partial charge in [0.1, 0.15) is 11.6 Å². The van der Waals surface area contributed by atoms with Crippen molar-refractivity contribution in [2.24, 2.45) is 0 Å². The molecular weight excluding hydrogens is 423 g/mol. The van der Waals surface area contributed by atoms with Crippen molar-refractivity contribution in [3.8, 4) is 17.0 Å². The van der Waals surface area contributed by atoms with Gasteiger partial charge in [-0.2, -0.15) is 9.40 Å². The first-order valence-electron chi connectivity index (χ1n) is 9.51. The van der Waals surface area contributed by atoms with Gasteiger partial charge in [-0.1, -0.05) is 12.1 Å². The Balaban J connectivity index is 1.67. The fourth-order valence-electron chi connectivity index (χ4n) is 2.94. The van der Waals surface area contributed by atoms with Gasteiger partial charge < -0.3 is 10.1 Å². The fourth-order valence-corrected chi connectivity index (χ4v) is 4.15. The summed E-state index contributed by atoms with van der Waals surface area (Å²) < 4.78 is 45.4. The molecule has 0 fully saturated rings. The molecule has 0 aliphatic heterocycles. The molecule has 1 amide bonds. The summed E-state index contributed by atoms with van der Waals surface area (Å²) in [7, 11) is -2.55. The van der Waals surface area contributed by atoms with Crippen molar-refractivity contribution in [3.05, 3.63) is 59.9 Å². The molecule has 164 valence electrons. The second-order valence-corrected chi connectivity index (χ2v) is 8.89. The third-order valence-electron chi connectivity index (χ3n) is 4.50. The van der Waals surface area contributed by atoms with Gasteiger partial charge in [-0.15, -0.1) is 0 Å². The molecule has 8 nitrogen and oxygen atoms in total. The molecule has 31 heavy (non-hydrogen) atoms. The van der Waals surface area contributed by atoms with E-state index in [1.165, 1.54) is 37.4 Å². The fraction of sp³-hybridized carbons (Fsp3) is 0.238. The minimum Gasteiger partial charge on any atom is -0.494 e. The molecule has 3 aromatic rings. The van der Waals surface area contributed by atoms with E-state index in [0.717, 1.165) is 4.31 Å². The summed E-state index contributed by atoms with van der Waals surface area (Å²) in [6.45, 7) is 3.67. The predicted molar refractivity (Wildman–Crippen MR) is 115 cm³/mol. The van der Waals surface area contributed by atoms with Crippen LogP contribution >= 0.6 is 0 Å². The highest BCUT2D eigenvalue weighted by Gasteiger charge is 2.24. The van der Waals surface area contributed by atoms with Crippen LogP contribution in [0.3, 0.4) is 0 Å². The van der Waals surface area contributed by atoms with Gasteiger partial charge >= 0.3 is 0 Å². The SMILES string of the molecule is CCOc1ccc(S(=O)(=O)N(C)CC(=O)Nc2cc(-c3cccc(F)c3)[nH]n2)cc1C. The van der Waals surface area contributed by atoms with Crippen molar-refractivity contribution in [2.45, 2.75) is 18.7 Å². The lowest BCUT2D eigenvalue weighted by Gasteiger charge is -2.17. The number of rotatable bonds is 8. The number of nitrogens with zero attached hydrogens (tertiary/aromatic N) is 2. The number of halogens is 1. The molecule has 0 aliphatic rings. The number of carbonyl (C=O) groups is 1. The molecule has 2 N–H and O–H groups in total. The zero-order valence-corrected chi connectivity index (χ0v) is 18.2. The smallest absolute Gasteiger partial charge is 0.243 e. The number of hydrogen-bond acceptors (Lipinski definition) is 5. The summed E-state index contributed by atoms with van der Waals surface area (Å²) in [6.07, 6.45) is 0. The molecule has 0 atom stereocenters. The summed E-state index contributed by atoms with van der Waals surface area (Å²) in [5.74, 6) is -0.151. The normalized spacial score (nSPS) is 11.5. The van der Waals surface area contributed by atoms with Crippen LogP contribution in [-0.4, -0.2) is 49.0 Å². The second kappa shape index (κ2) is 9.27. The highest BCUT2D eigenvalue weighted by molar-refractivity contribution is 7.89. The molecule has 0 saturated carbocycles. The number of anilines is 1. The van der Waals surface area contributed by atoms with E-state index in [2.05, 4.69) is 15.5 Å². The van der Waals surface area contributed by atoms with E-state index in [4.69, 9.17) is 4.74 Å². The minimum absolute atomic E-state index is 0.0666. The van der Waals surface area contributed by atoms with E-state index >= 15 is 0 Å². The minimum atomic E-state index is -3.88. The Hall–Kier alpha value is -3.24. The number of likely N-dealkylation sites (N-methyl/N-ethyl adjacent to an activating group) is 1. The van der Waals surface area contributed by atoms with Crippen LogP contribution in [0.4, 0.5) is 10.2 Å². The number of sulfonamides is 1. The Morgan fingerprint density at radius 2 is 2.00 bits per heavy atom. The van der Waals surface area contributed by atoms with E-state index in [9.17, 15) is 17.6 Å². The maximum absolute atomic E-state index is 13.4. The zero-order chi connectivity index (χ0) is 22.6. The molecular formula is C21H23FN4O4S. The Bertz CT molecular complexity index is 1190. The molecule has 3 rings (SSSR count). The summed E-state index contributed by atoms with van der Waals surface area (Å²) in [4.78, 5) is 12.4. The van der Waals surface area contributed by atoms with Crippen molar-refractivity contribution in [3.63, 3.8) is 0 Å². The Labute approximate surface area is 180 Å². The van der Waals surface area contributed by atoms with Crippen LogP contribution in [0, 0.1) is 12.7 Å². The maximum atomic E-state index is 13.4. The number of aromatic amines is 1. The first-order valence-corrected chi connectivity index (χ1v) is 11.0. The van der Waals surface area contributed by atoms with Gasteiger partial charge in [-0.05, 0) is 49.7 Å². The summed E-state index contributed by atoms with van der Waals surface area (Å²) in [6, 6.07) is 12.0. The molecule has 1 heterocycles. The molecule has 0 bridgehead atoms. The molecule has 1 aromatic heterocycles. The van der Waals surface area contributed by atoms with Gasteiger partial charge in [0, 0.05) is 18.7 Å². The number of amides is 1. The Morgan fingerprint density at radius 1 is 1.23 bits per heavy atom. The average Bonchev–Trinajstić information content (AvgIpc) is 3.17. The van der Waals surface area contributed by atoms with E-state index < -0.39 is 28.3 Å². The summed E-state index contributed by atoms with van der Waals surface area (Å²) >= 11 is 0. The van der Waals surface area contributed by atoms with Crippen LogP contribution in [-0.2, 0) is 14.8 Å². The van der Waals surface area contributed by atoms with Crippen LogP contribution < -0.4 is 10.1 Å². The van der Waals surface area contributed by atoms with Gasteiger partial charge in [0.05, 0.1) is 23.7 Å². The van der Waals surface area contributed by atoms with Gasteiger partial charge in [-0.25, -0.2) is 12.8 Å². The van der Waals surface area contributed by atoms with E-state index in [-0.39, 0.29) is 10.7 Å². The third-order valence-corrected chi connectivity index (χ3v) is 6.30. The molecule has 0 aliphatic carbocycles. The number of carbonyl (C=O) groups excluding carboxylic acids is 1.